The molecule has 2 rings (SSSR count). The van der Waals surface area contributed by atoms with Gasteiger partial charge in [0.25, 0.3) is 0 Å². The molecule has 0 bridgehead atoms. The maximum Gasteiger partial charge on any atom is 0.342 e. The second kappa shape index (κ2) is 3.46. The average molecular weight is 208 g/mol. The molecule has 1 aromatic carbocycles. The van der Waals surface area contributed by atoms with Gasteiger partial charge < -0.3 is 14.2 Å². The molecule has 4 nitrogen and oxygen atoms in total. The van der Waals surface area contributed by atoms with Crippen LogP contribution in [0.4, 0.5) is 0 Å². The van der Waals surface area contributed by atoms with E-state index >= 15 is 0 Å². The Morgan fingerprint density at radius 2 is 2.07 bits per heavy atom. The minimum Gasteiger partial charge on any atom is -0.496 e. The highest BCUT2D eigenvalue weighted by molar-refractivity contribution is 5.97. The standard InChI is InChI=1S/C11H12O4/c1-6-4-8(13-2)9-7(10(6)14-3)5-15-11(9)12/h4H,5H2,1-3H3. The van der Waals surface area contributed by atoms with E-state index in [2.05, 4.69) is 0 Å². The summed E-state index contributed by atoms with van der Waals surface area (Å²) in [5.74, 6) is 0.905. The number of hydrogen-bond donors (Lipinski definition) is 0. The van der Waals surface area contributed by atoms with E-state index in [1.165, 1.54) is 7.11 Å². The molecule has 0 aromatic heterocycles. The molecule has 0 unspecified atom stereocenters. The third-order valence-corrected chi connectivity index (χ3v) is 2.50. The quantitative estimate of drug-likeness (QED) is 0.694. The third kappa shape index (κ3) is 1.33. The smallest absolute Gasteiger partial charge is 0.342 e. The zero-order chi connectivity index (χ0) is 11.0. The number of rotatable bonds is 2. The number of methoxy groups -OCH3 is 2. The lowest BCUT2D eigenvalue weighted by molar-refractivity contribution is 0.0532. The number of esters is 1. The van der Waals surface area contributed by atoms with E-state index < -0.39 is 0 Å². The molecular formula is C11H12O4. The van der Waals surface area contributed by atoms with Crippen LogP contribution in [0.2, 0.25) is 0 Å². The van der Waals surface area contributed by atoms with Crippen molar-refractivity contribution < 1.29 is 19.0 Å². The van der Waals surface area contributed by atoms with Crippen LogP contribution in [0.1, 0.15) is 21.5 Å². The van der Waals surface area contributed by atoms with E-state index in [0.717, 1.165) is 11.1 Å². The topological polar surface area (TPSA) is 44.8 Å². The predicted molar refractivity (Wildman–Crippen MR) is 53.4 cm³/mol. The second-order valence-corrected chi connectivity index (χ2v) is 3.36. The number of ether oxygens (including phenoxy) is 3. The van der Waals surface area contributed by atoms with E-state index in [-0.39, 0.29) is 12.6 Å². The summed E-state index contributed by atoms with van der Waals surface area (Å²) in [6.45, 7) is 2.17. The van der Waals surface area contributed by atoms with Crippen LogP contribution in [0.15, 0.2) is 6.07 Å². The molecule has 0 saturated heterocycles. The fraction of sp³-hybridized carbons (Fsp3) is 0.364. The SMILES string of the molecule is COc1cc(C)c(OC)c2c1C(=O)OC2. The first-order valence-electron chi connectivity index (χ1n) is 4.60. The number of aryl methyl sites for hydroxylation is 1. The fourth-order valence-electron chi connectivity index (χ4n) is 1.85. The number of hydrogen-bond acceptors (Lipinski definition) is 4. The fourth-order valence-corrected chi connectivity index (χ4v) is 1.85. The molecule has 1 aliphatic heterocycles. The Morgan fingerprint density at radius 3 is 2.67 bits per heavy atom. The molecule has 0 radical (unpaired) electrons. The van der Waals surface area contributed by atoms with Crippen LogP contribution in [0, 0.1) is 6.92 Å². The molecule has 0 amide bonds. The third-order valence-electron chi connectivity index (χ3n) is 2.50. The van der Waals surface area contributed by atoms with Crippen molar-refractivity contribution in [2.45, 2.75) is 13.5 Å². The molecule has 0 fully saturated rings. The Hall–Kier alpha value is -1.71. The molecule has 1 aromatic rings. The summed E-state index contributed by atoms with van der Waals surface area (Å²) in [4.78, 5) is 11.5. The number of carbonyl (C=O) groups excluding carboxylic acids is 1. The van der Waals surface area contributed by atoms with Gasteiger partial charge in [-0.3, -0.25) is 0 Å². The highest BCUT2D eigenvalue weighted by Crippen LogP contribution is 2.38. The molecule has 80 valence electrons. The van der Waals surface area contributed by atoms with Gasteiger partial charge in [-0.1, -0.05) is 0 Å². The van der Waals surface area contributed by atoms with Crippen LogP contribution in [0.3, 0.4) is 0 Å². The van der Waals surface area contributed by atoms with E-state index in [9.17, 15) is 4.79 Å². The first-order chi connectivity index (χ1) is 7.19. The summed E-state index contributed by atoms with van der Waals surface area (Å²) >= 11 is 0. The van der Waals surface area contributed by atoms with Crippen molar-refractivity contribution in [3.05, 3.63) is 22.8 Å². The van der Waals surface area contributed by atoms with Gasteiger partial charge in [0.05, 0.1) is 19.8 Å². The van der Waals surface area contributed by atoms with Gasteiger partial charge in [0.1, 0.15) is 23.7 Å². The lowest BCUT2D eigenvalue weighted by Crippen LogP contribution is -2.01. The van der Waals surface area contributed by atoms with E-state index in [1.54, 1.807) is 13.2 Å². The van der Waals surface area contributed by atoms with Gasteiger partial charge in [-0.05, 0) is 18.6 Å². The van der Waals surface area contributed by atoms with Gasteiger partial charge in [-0.25, -0.2) is 4.79 Å². The summed E-state index contributed by atoms with van der Waals surface area (Å²) < 4.78 is 15.4. The van der Waals surface area contributed by atoms with Crippen molar-refractivity contribution in [1.82, 2.24) is 0 Å². The Morgan fingerprint density at radius 1 is 1.33 bits per heavy atom. The van der Waals surface area contributed by atoms with E-state index in [1.807, 2.05) is 6.92 Å². The maximum absolute atomic E-state index is 11.5. The molecule has 0 N–H and O–H groups in total. The highest BCUT2D eigenvalue weighted by atomic mass is 16.5. The first kappa shape index (κ1) is 9.83. The summed E-state index contributed by atoms with van der Waals surface area (Å²) in [6.07, 6.45) is 0. The summed E-state index contributed by atoms with van der Waals surface area (Å²) in [6, 6.07) is 1.78. The normalized spacial score (nSPS) is 13.4. The van der Waals surface area contributed by atoms with Crippen LogP contribution in [0.5, 0.6) is 11.5 Å². The van der Waals surface area contributed by atoms with Crippen molar-refractivity contribution in [2.24, 2.45) is 0 Å². The summed E-state index contributed by atoms with van der Waals surface area (Å²) in [5.41, 5.74) is 2.20. The largest absolute Gasteiger partial charge is 0.496 e. The van der Waals surface area contributed by atoms with Crippen LogP contribution in [-0.2, 0) is 11.3 Å². The van der Waals surface area contributed by atoms with Crippen molar-refractivity contribution in [1.29, 1.82) is 0 Å². The number of cyclic esters (lactones) is 1. The monoisotopic (exact) mass is 208 g/mol. The van der Waals surface area contributed by atoms with Gasteiger partial charge in [0.2, 0.25) is 0 Å². The average Bonchev–Trinajstić information content (AvgIpc) is 2.60. The minimum absolute atomic E-state index is 0.259. The van der Waals surface area contributed by atoms with Gasteiger partial charge in [0.15, 0.2) is 0 Å². The van der Waals surface area contributed by atoms with Crippen LogP contribution >= 0.6 is 0 Å². The van der Waals surface area contributed by atoms with Gasteiger partial charge in [-0.2, -0.15) is 0 Å². The molecule has 1 heterocycles. The lowest BCUT2D eigenvalue weighted by atomic mass is 10.0. The molecule has 0 saturated carbocycles. The molecule has 0 spiro atoms. The molecule has 0 atom stereocenters. The van der Waals surface area contributed by atoms with Crippen molar-refractivity contribution in [2.75, 3.05) is 14.2 Å². The Labute approximate surface area is 87.8 Å². The minimum atomic E-state index is -0.347. The van der Waals surface area contributed by atoms with E-state index in [0.29, 0.717) is 17.1 Å². The van der Waals surface area contributed by atoms with Crippen LogP contribution in [-0.4, -0.2) is 20.2 Å². The zero-order valence-corrected chi connectivity index (χ0v) is 8.92. The molecule has 4 heteroatoms. The van der Waals surface area contributed by atoms with Gasteiger partial charge >= 0.3 is 5.97 Å². The number of fused-ring (bicyclic) bond motifs is 1. The van der Waals surface area contributed by atoms with E-state index in [4.69, 9.17) is 14.2 Å². The number of benzene rings is 1. The number of carbonyl (C=O) groups is 1. The molecular weight excluding hydrogens is 196 g/mol. The van der Waals surface area contributed by atoms with Crippen molar-refractivity contribution >= 4 is 5.97 Å². The summed E-state index contributed by atoms with van der Waals surface area (Å²) in [7, 11) is 3.12. The van der Waals surface area contributed by atoms with Crippen LogP contribution < -0.4 is 9.47 Å². The predicted octanol–water partition coefficient (Wildman–Crippen LogP) is 1.68. The molecule has 0 aliphatic carbocycles. The Bertz CT molecular complexity index is 423. The maximum atomic E-state index is 11.5. The molecule has 1 aliphatic rings. The molecule has 15 heavy (non-hydrogen) atoms. The second-order valence-electron chi connectivity index (χ2n) is 3.36. The van der Waals surface area contributed by atoms with Gasteiger partial charge in [0, 0.05) is 0 Å². The first-order valence-corrected chi connectivity index (χ1v) is 4.60. The zero-order valence-electron chi connectivity index (χ0n) is 8.92. The van der Waals surface area contributed by atoms with Gasteiger partial charge in [-0.15, -0.1) is 0 Å². The highest BCUT2D eigenvalue weighted by Gasteiger charge is 2.30. The van der Waals surface area contributed by atoms with Crippen LogP contribution in [0.25, 0.3) is 0 Å². The van der Waals surface area contributed by atoms with Crippen molar-refractivity contribution in [3.63, 3.8) is 0 Å². The lowest BCUT2D eigenvalue weighted by Gasteiger charge is -2.11. The summed E-state index contributed by atoms with van der Waals surface area (Å²) in [5, 5.41) is 0. The van der Waals surface area contributed by atoms with Crippen molar-refractivity contribution in [3.8, 4) is 11.5 Å². The Balaban J connectivity index is 2.70. The Kier molecular flexibility index (Phi) is 2.26.